The summed E-state index contributed by atoms with van der Waals surface area (Å²) in [6.45, 7) is 1.70. The first-order valence-corrected chi connectivity index (χ1v) is 6.81. The molecule has 16 heavy (non-hydrogen) atoms. The highest BCUT2D eigenvalue weighted by Gasteiger charge is 2.21. The maximum atomic E-state index is 11.1. The molecule has 0 aromatic carbocycles. The first kappa shape index (κ1) is 12.9. The van der Waals surface area contributed by atoms with Crippen LogP contribution in [-0.4, -0.2) is 57.0 Å². The van der Waals surface area contributed by atoms with Crippen molar-refractivity contribution in [3.8, 4) is 6.07 Å². The second kappa shape index (κ2) is 5.82. The van der Waals surface area contributed by atoms with Gasteiger partial charge in [-0.05, 0) is 0 Å². The van der Waals surface area contributed by atoms with Crippen LogP contribution in [0.2, 0.25) is 0 Å². The minimum Gasteiger partial charge on any atom is -0.464 e. The minimum atomic E-state index is -2.86. The molecule has 0 bridgehead atoms. The number of carbonyl (C=O) groups excluding carboxylic acids is 1. The standard InChI is InChI=1S/C9H14N2O4S/c10-2-1-9(12)15-6-3-11-4-7-16(13,14)8-5-11/h1,3-8H2. The number of nitrogens with zero attached hydrogens (tertiary/aromatic N) is 2. The average Bonchev–Trinajstić information content (AvgIpc) is 2.21. The quantitative estimate of drug-likeness (QED) is 0.602. The summed E-state index contributed by atoms with van der Waals surface area (Å²) in [4.78, 5) is 12.8. The number of nitriles is 1. The summed E-state index contributed by atoms with van der Waals surface area (Å²) in [5, 5.41) is 8.21. The van der Waals surface area contributed by atoms with Gasteiger partial charge in [-0.1, -0.05) is 0 Å². The first-order chi connectivity index (χ1) is 7.53. The molecule has 1 rings (SSSR count). The molecule has 0 saturated carbocycles. The molecule has 0 radical (unpaired) electrons. The maximum absolute atomic E-state index is 11.1. The van der Waals surface area contributed by atoms with E-state index in [4.69, 9.17) is 10.00 Å². The Hall–Kier alpha value is -1.13. The summed E-state index contributed by atoms with van der Waals surface area (Å²) in [5.41, 5.74) is 0. The third-order valence-electron chi connectivity index (χ3n) is 2.33. The number of rotatable bonds is 4. The van der Waals surface area contributed by atoms with E-state index in [-0.39, 0.29) is 24.5 Å². The van der Waals surface area contributed by atoms with Crippen molar-refractivity contribution in [3.63, 3.8) is 0 Å². The highest BCUT2D eigenvalue weighted by atomic mass is 32.2. The van der Waals surface area contributed by atoms with Crippen LogP contribution in [0.3, 0.4) is 0 Å². The van der Waals surface area contributed by atoms with Crippen molar-refractivity contribution in [2.75, 3.05) is 37.7 Å². The van der Waals surface area contributed by atoms with Crippen molar-refractivity contribution in [2.24, 2.45) is 0 Å². The molecule has 1 fully saturated rings. The fourth-order valence-corrected chi connectivity index (χ4v) is 2.65. The molecule has 6 nitrogen and oxygen atoms in total. The van der Waals surface area contributed by atoms with Crippen LogP contribution in [0, 0.1) is 11.3 Å². The van der Waals surface area contributed by atoms with Crippen LogP contribution in [-0.2, 0) is 19.4 Å². The summed E-state index contributed by atoms with van der Waals surface area (Å²) in [6, 6.07) is 1.70. The van der Waals surface area contributed by atoms with Crippen molar-refractivity contribution < 1.29 is 17.9 Å². The smallest absolute Gasteiger partial charge is 0.320 e. The lowest BCUT2D eigenvalue weighted by Gasteiger charge is -2.25. The summed E-state index contributed by atoms with van der Waals surface area (Å²) in [7, 11) is -2.86. The zero-order valence-electron chi connectivity index (χ0n) is 8.89. The Morgan fingerprint density at radius 1 is 1.38 bits per heavy atom. The molecular weight excluding hydrogens is 232 g/mol. The average molecular weight is 246 g/mol. The fourth-order valence-electron chi connectivity index (χ4n) is 1.38. The number of ether oxygens (including phenoxy) is 1. The molecule has 90 valence electrons. The highest BCUT2D eigenvalue weighted by Crippen LogP contribution is 2.03. The molecule has 0 aliphatic carbocycles. The molecule has 0 aromatic heterocycles. The Kier molecular flexibility index (Phi) is 4.71. The van der Waals surface area contributed by atoms with Crippen LogP contribution >= 0.6 is 0 Å². The predicted molar refractivity (Wildman–Crippen MR) is 56.3 cm³/mol. The van der Waals surface area contributed by atoms with Crippen molar-refractivity contribution in [1.82, 2.24) is 4.90 Å². The Morgan fingerprint density at radius 2 is 2.00 bits per heavy atom. The van der Waals surface area contributed by atoms with Gasteiger partial charge < -0.3 is 4.74 Å². The predicted octanol–water partition coefficient (Wildman–Crippen LogP) is -0.826. The molecule has 1 aliphatic rings. The third-order valence-corrected chi connectivity index (χ3v) is 3.94. The van der Waals surface area contributed by atoms with Crippen molar-refractivity contribution in [3.05, 3.63) is 0 Å². The Labute approximate surface area is 94.7 Å². The van der Waals surface area contributed by atoms with Gasteiger partial charge in [0.15, 0.2) is 9.84 Å². The van der Waals surface area contributed by atoms with Gasteiger partial charge in [0, 0.05) is 19.6 Å². The van der Waals surface area contributed by atoms with Crippen LogP contribution in [0.1, 0.15) is 6.42 Å². The lowest BCUT2D eigenvalue weighted by molar-refractivity contribution is -0.142. The second-order valence-corrected chi connectivity index (χ2v) is 5.85. The van der Waals surface area contributed by atoms with Crippen LogP contribution in [0.25, 0.3) is 0 Å². The number of sulfone groups is 1. The van der Waals surface area contributed by atoms with Crippen molar-refractivity contribution in [1.29, 1.82) is 5.26 Å². The van der Waals surface area contributed by atoms with Gasteiger partial charge in [0.2, 0.25) is 0 Å². The van der Waals surface area contributed by atoms with E-state index in [1.807, 2.05) is 4.90 Å². The topological polar surface area (TPSA) is 87.5 Å². The first-order valence-electron chi connectivity index (χ1n) is 4.99. The molecule has 7 heteroatoms. The van der Waals surface area contributed by atoms with E-state index in [9.17, 15) is 13.2 Å². The molecule has 0 amide bonds. The normalized spacial score (nSPS) is 19.9. The summed E-state index contributed by atoms with van der Waals surface area (Å²) in [5.74, 6) is -0.203. The Morgan fingerprint density at radius 3 is 2.56 bits per heavy atom. The highest BCUT2D eigenvalue weighted by molar-refractivity contribution is 7.91. The SMILES string of the molecule is N#CCC(=O)OCCN1CCS(=O)(=O)CC1. The van der Waals surface area contributed by atoms with Gasteiger partial charge in [0.1, 0.15) is 13.0 Å². The Balaban J connectivity index is 2.16. The summed E-state index contributed by atoms with van der Waals surface area (Å²) >= 11 is 0. The van der Waals surface area contributed by atoms with Crippen LogP contribution in [0.15, 0.2) is 0 Å². The molecule has 1 heterocycles. The lowest BCUT2D eigenvalue weighted by atomic mass is 10.4. The van der Waals surface area contributed by atoms with Crippen molar-refractivity contribution in [2.45, 2.75) is 6.42 Å². The molecule has 0 aromatic rings. The van der Waals surface area contributed by atoms with Gasteiger partial charge in [0.05, 0.1) is 17.6 Å². The van der Waals surface area contributed by atoms with E-state index in [2.05, 4.69) is 0 Å². The monoisotopic (exact) mass is 246 g/mol. The zero-order chi connectivity index (χ0) is 12.0. The summed E-state index contributed by atoms with van der Waals surface area (Å²) in [6.07, 6.45) is -0.242. The molecule has 0 unspecified atom stereocenters. The Bertz CT molecular complexity index is 371. The molecule has 0 spiro atoms. The van der Waals surface area contributed by atoms with E-state index < -0.39 is 15.8 Å². The molecular formula is C9H14N2O4S. The van der Waals surface area contributed by atoms with Crippen LogP contribution in [0.4, 0.5) is 0 Å². The molecule has 0 N–H and O–H groups in total. The van der Waals surface area contributed by atoms with E-state index >= 15 is 0 Å². The number of hydrogen-bond donors (Lipinski definition) is 0. The third kappa shape index (κ3) is 4.59. The molecule has 0 atom stereocenters. The van der Waals surface area contributed by atoms with Crippen LogP contribution < -0.4 is 0 Å². The van der Waals surface area contributed by atoms with Gasteiger partial charge in [-0.2, -0.15) is 5.26 Å². The lowest BCUT2D eigenvalue weighted by Crippen LogP contribution is -2.41. The minimum absolute atomic E-state index is 0.166. The fraction of sp³-hybridized carbons (Fsp3) is 0.778. The number of esters is 1. The van der Waals surface area contributed by atoms with Gasteiger partial charge in [0.25, 0.3) is 0 Å². The van der Waals surface area contributed by atoms with Gasteiger partial charge in [-0.25, -0.2) is 8.42 Å². The summed E-state index contributed by atoms with van der Waals surface area (Å²) < 4.78 is 27.0. The van der Waals surface area contributed by atoms with Crippen molar-refractivity contribution >= 4 is 15.8 Å². The number of carbonyl (C=O) groups is 1. The maximum Gasteiger partial charge on any atom is 0.320 e. The number of hydrogen-bond acceptors (Lipinski definition) is 6. The second-order valence-electron chi connectivity index (χ2n) is 3.55. The van der Waals surface area contributed by atoms with Gasteiger partial charge >= 0.3 is 5.97 Å². The van der Waals surface area contributed by atoms with Crippen LogP contribution in [0.5, 0.6) is 0 Å². The van der Waals surface area contributed by atoms with Gasteiger partial charge in [-0.15, -0.1) is 0 Å². The molecule has 1 saturated heterocycles. The largest absolute Gasteiger partial charge is 0.464 e. The van der Waals surface area contributed by atoms with E-state index in [1.165, 1.54) is 0 Å². The van der Waals surface area contributed by atoms with E-state index in [0.29, 0.717) is 19.6 Å². The van der Waals surface area contributed by atoms with E-state index in [0.717, 1.165) is 0 Å². The molecule has 1 aliphatic heterocycles. The zero-order valence-corrected chi connectivity index (χ0v) is 9.70. The van der Waals surface area contributed by atoms with E-state index in [1.54, 1.807) is 6.07 Å². The van der Waals surface area contributed by atoms with Gasteiger partial charge in [-0.3, -0.25) is 9.69 Å².